The van der Waals surface area contributed by atoms with Crippen molar-refractivity contribution in [3.8, 4) is 11.5 Å². The highest BCUT2D eigenvalue weighted by Gasteiger charge is 2.35. The highest BCUT2D eigenvalue weighted by atomic mass is 19.4. The Kier molecular flexibility index (Phi) is 4.68. The molecule has 2 heterocycles. The Morgan fingerprint density at radius 2 is 1.90 bits per heavy atom. The van der Waals surface area contributed by atoms with Crippen molar-refractivity contribution in [2.45, 2.75) is 51.9 Å². The first kappa shape index (κ1) is 21.0. The zero-order valence-electron chi connectivity index (χ0n) is 17.6. The van der Waals surface area contributed by atoms with E-state index in [2.05, 4.69) is 15.3 Å². The maximum absolute atomic E-state index is 13.2. The molecule has 0 fully saturated rings. The van der Waals surface area contributed by atoms with Crippen LogP contribution in [0.2, 0.25) is 0 Å². The van der Waals surface area contributed by atoms with Crippen molar-refractivity contribution in [2.24, 2.45) is 0 Å². The first-order chi connectivity index (χ1) is 14.3. The number of aryl methyl sites for hydroxylation is 1. The third-order valence-corrected chi connectivity index (χ3v) is 5.27. The summed E-state index contributed by atoms with van der Waals surface area (Å²) in [6.45, 7) is 7.30. The number of nitrogens with zero attached hydrogens (tertiary/aromatic N) is 2. The average Bonchev–Trinajstić information content (AvgIpc) is 2.98. The predicted octanol–water partition coefficient (Wildman–Crippen LogP) is 5.13. The van der Waals surface area contributed by atoms with E-state index in [0.29, 0.717) is 40.3 Å². The topological polar surface area (TPSA) is 93.3 Å². The number of aromatic hydroxyl groups is 1. The van der Waals surface area contributed by atoms with Crippen LogP contribution < -0.4 is 15.8 Å². The maximum Gasteiger partial charge on any atom is 0.416 e. The van der Waals surface area contributed by atoms with Crippen molar-refractivity contribution in [1.82, 2.24) is 9.97 Å². The molecule has 2 aromatic carbocycles. The van der Waals surface area contributed by atoms with E-state index in [1.807, 2.05) is 13.8 Å². The number of hydrogen-bond acceptors (Lipinski definition) is 6. The normalized spacial score (nSPS) is 16.1. The van der Waals surface area contributed by atoms with Gasteiger partial charge in [-0.25, -0.2) is 9.97 Å². The number of nitrogens with two attached hydrogens (primary N) is 1. The van der Waals surface area contributed by atoms with Gasteiger partial charge in [0.25, 0.3) is 0 Å². The largest absolute Gasteiger partial charge is 0.504 e. The fourth-order valence-electron chi connectivity index (χ4n) is 3.92. The molecule has 0 aliphatic carbocycles. The number of nitrogen functional groups attached to an aromatic ring is 1. The molecule has 0 radical (unpaired) electrons. The summed E-state index contributed by atoms with van der Waals surface area (Å²) in [6, 6.07) is 4.45. The fraction of sp³-hybridized carbons (Fsp3) is 0.364. The second-order valence-corrected chi connectivity index (χ2v) is 8.51. The molecule has 0 amide bonds. The fourth-order valence-corrected chi connectivity index (χ4v) is 3.92. The maximum atomic E-state index is 13.2. The second-order valence-electron chi connectivity index (χ2n) is 8.51. The summed E-state index contributed by atoms with van der Waals surface area (Å²) >= 11 is 0. The molecule has 0 spiro atoms. The molecule has 164 valence electrons. The molecule has 0 saturated heterocycles. The van der Waals surface area contributed by atoms with E-state index in [9.17, 15) is 18.3 Å². The van der Waals surface area contributed by atoms with Crippen molar-refractivity contribution in [3.05, 3.63) is 46.8 Å². The van der Waals surface area contributed by atoms with Crippen LogP contribution >= 0.6 is 0 Å². The van der Waals surface area contributed by atoms with Crippen molar-refractivity contribution in [2.75, 3.05) is 11.1 Å². The number of nitrogens with one attached hydrogen (secondary N) is 1. The number of fused-ring (bicyclic) bond motifs is 3. The number of aromatic nitrogens is 2. The van der Waals surface area contributed by atoms with Crippen LogP contribution in [0.1, 0.15) is 49.3 Å². The van der Waals surface area contributed by atoms with E-state index < -0.39 is 23.4 Å². The van der Waals surface area contributed by atoms with Crippen LogP contribution in [-0.2, 0) is 12.6 Å². The summed E-state index contributed by atoms with van der Waals surface area (Å²) in [7, 11) is 0. The van der Waals surface area contributed by atoms with Crippen molar-refractivity contribution in [1.29, 1.82) is 0 Å². The van der Waals surface area contributed by atoms with E-state index in [4.69, 9.17) is 10.5 Å². The summed E-state index contributed by atoms with van der Waals surface area (Å²) in [5.74, 6) is 1.27. The molecule has 1 aromatic heterocycles. The second kappa shape index (κ2) is 6.90. The van der Waals surface area contributed by atoms with E-state index in [1.54, 1.807) is 13.8 Å². The number of alkyl halides is 3. The van der Waals surface area contributed by atoms with Gasteiger partial charge in [-0.15, -0.1) is 0 Å². The number of phenols is 1. The van der Waals surface area contributed by atoms with Gasteiger partial charge < -0.3 is 20.9 Å². The Labute approximate surface area is 177 Å². The smallest absolute Gasteiger partial charge is 0.416 e. The third kappa shape index (κ3) is 3.92. The number of rotatable bonds is 3. The van der Waals surface area contributed by atoms with Gasteiger partial charge in [0.05, 0.1) is 17.1 Å². The number of ether oxygens (including phenoxy) is 1. The molecule has 0 unspecified atom stereocenters. The molecule has 1 aliphatic heterocycles. The number of anilines is 2. The van der Waals surface area contributed by atoms with Crippen LogP contribution in [0.3, 0.4) is 0 Å². The van der Waals surface area contributed by atoms with Crippen LogP contribution in [0.25, 0.3) is 10.9 Å². The highest BCUT2D eigenvalue weighted by Crippen LogP contribution is 2.46. The average molecular weight is 432 g/mol. The zero-order valence-corrected chi connectivity index (χ0v) is 17.6. The highest BCUT2D eigenvalue weighted by molar-refractivity contribution is 5.95. The quantitative estimate of drug-likeness (QED) is 0.497. The van der Waals surface area contributed by atoms with Crippen LogP contribution in [0, 0.1) is 6.92 Å². The van der Waals surface area contributed by atoms with Gasteiger partial charge in [-0.2, -0.15) is 13.2 Å². The number of benzene rings is 2. The lowest BCUT2D eigenvalue weighted by Crippen LogP contribution is -2.24. The summed E-state index contributed by atoms with van der Waals surface area (Å²) in [5, 5.41) is 14.2. The number of hydrogen-bond donors (Lipinski definition) is 3. The van der Waals surface area contributed by atoms with Gasteiger partial charge in [-0.05, 0) is 57.5 Å². The summed E-state index contributed by atoms with van der Waals surface area (Å²) < 4.78 is 45.5. The Bertz CT molecular complexity index is 1190. The van der Waals surface area contributed by atoms with E-state index >= 15 is 0 Å². The van der Waals surface area contributed by atoms with Gasteiger partial charge >= 0.3 is 6.18 Å². The van der Waals surface area contributed by atoms with E-state index in [0.717, 1.165) is 17.7 Å². The van der Waals surface area contributed by atoms with Crippen molar-refractivity contribution >= 4 is 22.4 Å². The Hall–Kier alpha value is -3.23. The molecular formula is C22H23F3N4O2. The van der Waals surface area contributed by atoms with E-state index in [1.165, 1.54) is 12.1 Å². The molecule has 4 N–H and O–H groups in total. The van der Waals surface area contributed by atoms with Crippen LogP contribution in [0.15, 0.2) is 24.3 Å². The standard InChI is InChI=1S/C22H23F3N4O2/c1-10(12-5-13(22(23,24)25)7-14(26)6-12)27-20-15-8-17(30)19-16(9-21(3,4)31-19)18(15)28-11(2)29-20/h5-8,10,30H,9,26H2,1-4H3,(H,27,28,29)/t10-/m1/s1. The Morgan fingerprint density at radius 3 is 2.58 bits per heavy atom. The molecule has 4 rings (SSSR count). The van der Waals surface area contributed by atoms with Gasteiger partial charge in [0.1, 0.15) is 17.2 Å². The van der Waals surface area contributed by atoms with Gasteiger partial charge in [0.2, 0.25) is 0 Å². The summed E-state index contributed by atoms with van der Waals surface area (Å²) in [5.41, 5.74) is 6.23. The minimum absolute atomic E-state index is 0.0250. The summed E-state index contributed by atoms with van der Waals surface area (Å²) in [4.78, 5) is 8.98. The number of phenolic OH excluding ortho intramolecular Hbond substituents is 1. The Morgan fingerprint density at radius 1 is 1.19 bits per heavy atom. The number of halogens is 3. The first-order valence-corrected chi connectivity index (χ1v) is 9.80. The summed E-state index contributed by atoms with van der Waals surface area (Å²) in [6.07, 6.45) is -3.94. The third-order valence-electron chi connectivity index (χ3n) is 5.27. The molecule has 0 saturated carbocycles. The van der Waals surface area contributed by atoms with Crippen LogP contribution in [0.5, 0.6) is 11.5 Å². The van der Waals surface area contributed by atoms with Crippen molar-refractivity contribution in [3.63, 3.8) is 0 Å². The van der Waals surface area contributed by atoms with Crippen molar-refractivity contribution < 1.29 is 23.0 Å². The zero-order chi connectivity index (χ0) is 22.7. The van der Waals surface area contributed by atoms with Crippen LogP contribution in [0.4, 0.5) is 24.7 Å². The molecule has 0 bridgehead atoms. The lowest BCUT2D eigenvalue weighted by molar-refractivity contribution is -0.137. The van der Waals surface area contributed by atoms with Gasteiger partial charge in [0.15, 0.2) is 11.5 Å². The minimum Gasteiger partial charge on any atom is -0.504 e. The van der Waals surface area contributed by atoms with E-state index in [-0.39, 0.29) is 11.4 Å². The van der Waals surface area contributed by atoms with Gasteiger partial charge in [-0.1, -0.05) is 0 Å². The lowest BCUT2D eigenvalue weighted by Gasteiger charge is -2.19. The van der Waals surface area contributed by atoms with Gasteiger partial charge in [0, 0.05) is 23.1 Å². The molecule has 1 atom stereocenters. The SMILES string of the molecule is Cc1nc(N[C@H](C)c2cc(N)cc(C(F)(F)F)c2)c2cc(O)c3c(c2n1)CC(C)(C)O3. The molecular weight excluding hydrogens is 409 g/mol. The molecule has 31 heavy (non-hydrogen) atoms. The minimum atomic E-state index is -4.50. The van der Waals surface area contributed by atoms with Gasteiger partial charge in [-0.3, -0.25) is 0 Å². The predicted molar refractivity (Wildman–Crippen MR) is 112 cm³/mol. The van der Waals surface area contributed by atoms with Crippen LogP contribution in [-0.4, -0.2) is 20.7 Å². The molecule has 6 nitrogen and oxygen atoms in total. The molecule has 1 aliphatic rings. The Balaban J connectivity index is 1.78. The monoisotopic (exact) mass is 432 g/mol. The molecule has 9 heteroatoms. The molecule has 3 aromatic rings. The lowest BCUT2D eigenvalue weighted by atomic mass is 9.98. The first-order valence-electron chi connectivity index (χ1n) is 9.80.